The summed E-state index contributed by atoms with van der Waals surface area (Å²) < 4.78 is 34.1. The standard InChI is InChI=1S/C18H16F2N4O2S/c1-3-8-24-16(15-5-4-9-26-15)22-23-18(24)27-11(2)17(25)21-14-10-12(19)6-7-13(14)20/h3-7,9-11H,1,8H2,2H3,(H,21,25). The van der Waals surface area contributed by atoms with Gasteiger partial charge in [0.05, 0.1) is 17.2 Å². The molecule has 1 atom stereocenters. The monoisotopic (exact) mass is 390 g/mol. The van der Waals surface area contributed by atoms with Crippen molar-refractivity contribution in [2.24, 2.45) is 0 Å². The molecule has 0 aliphatic heterocycles. The van der Waals surface area contributed by atoms with Crippen molar-refractivity contribution in [2.45, 2.75) is 23.9 Å². The number of amides is 1. The predicted molar refractivity (Wildman–Crippen MR) is 98.2 cm³/mol. The van der Waals surface area contributed by atoms with Crippen molar-refractivity contribution >= 4 is 23.4 Å². The van der Waals surface area contributed by atoms with Crippen LogP contribution in [-0.4, -0.2) is 25.9 Å². The Balaban J connectivity index is 1.77. The zero-order chi connectivity index (χ0) is 19.4. The van der Waals surface area contributed by atoms with E-state index in [0.717, 1.165) is 30.0 Å². The zero-order valence-corrected chi connectivity index (χ0v) is 15.2. The number of rotatable bonds is 7. The molecular weight excluding hydrogens is 374 g/mol. The van der Waals surface area contributed by atoms with Gasteiger partial charge in [0.2, 0.25) is 11.7 Å². The summed E-state index contributed by atoms with van der Waals surface area (Å²) in [5, 5.41) is 10.4. The molecule has 2 heterocycles. The van der Waals surface area contributed by atoms with Crippen LogP contribution in [0, 0.1) is 11.6 Å². The molecule has 140 valence electrons. The minimum atomic E-state index is -0.711. The van der Waals surface area contributed by atoms with Crippen molar-refractivity contribution in [1.29, 1.82) is 0 Å². The van der Waals surface area contributed by atoms with Gasteiger partial charge in [-0.05, 0) is 31.2 Å². The van der Waals surface area contributed by atoms with Gasteiger partial charge in [-0.15, -0.1) is 16.8 Å². The highest BCUT2D eigenvalue weighted by molar-refractivity contribution is 8.00. The zero-order valence-electron chi connectivity index (χ0n) is 14.4. The highest BCUT2D eigenvalue weighted by atomic mass is 32.2. The smallest absolute Gasteiger partial charge is 0.237 e. The molecule has 3 rings (SSSR count). The fourth-order valence-electron chi connectivity index (χ4n) is 2.30. The first-order chi connectivity index (χ1) is 13.0. The first kappa shape index (κ1) is 18.8. The highest BCUT2D eigenvalue weighted by Crippen LogP contribution is 2.28. The molecular formula is C18H16F2N4O2S. The topological polar surface area (TPSA) is 73.0 Å². The van der Waals surface area contributed by atoms with Gasteiger partial charge < -0.3 is 9.73 Å². The molecule has 1 aromatic carbocycles. The molecule has 0 aliphatic rings. The third kappa shape index (κ3) is 4.25. The molecule has 3 aromatic rings. The van der Waals surface area contributed by atoms with Gasteiger partial charge in [0.1, 0.15) is 11.6 Å². The Kier molecular flexibility index (Phi) is 5.70. The van der Waals surface area contributed by atoms with E-state index in [-0.39, 0.29) is 5.69 Å². The van der Waals surface area contributed by atoms with Crippen LogP contribution in [0.2, 0.25) is 0 Å². The van der Waals surface area contributed by atoms with E-state index >= 15 is 0 Å². The molecule has 2 aromatic heterocycles. The van der Waals surface area contributed by atoms with Crippen LogP contribution in [-0.2, 0) is 11.3 Å². The lowest BCUT2D eigenvalue weighted by molar-refractivity contribution is -0.115. The number of carbonyl (C=O) groups is 1. The lowest BCUT2D eigenvalue weighted by atomic mass is 10.3. The second-order valence-electron chi connectivity index (χ2n) is 5.56. The third-order valence-corrected chi connectivity index (χ3v) is 4.69. The molecule has 1 N–H and O–H groups in total. The van der Waals surface area contributed by atoms with Crippen LogP contribution in [0.4, 0.5) is 14.5 Å². The van der Waals surface area contributed by atoms with Crippen molar-refractivity contribution in [1.82, 2.24) is 14.8 Å². The van der Waals surface area contributed by atoms with Crippen LogP contribution in [0.5, 0.6) is 0 Å². The summed E-state index contributed by atoms with van der Waals surface area (Å²) in [6.45, 7) is 5.76. The van der Waals surface area contributed by atoms with E-state index in [4.69, 9.17) is 4.42 Å². The van der Waals surface area contributed by atoms with E-state index in [1.54, 1.807) is 29.7 Å². The van der Waals surface area contributed by atoms with Crippen LogP contribution < -0.4 is 5.32 Å². The number of benzene rings is 1. The van der Waals surface area contributed by atoms with Crippen molar-refractivity contribution in [3.05, 3.63) is 60.9 Å². The van der Waals surface area contributed by atoms with Crippen molar-refractivity contribution in [2.75, 3.05) is 5.32 Å². The Morgan fingerprint density at radius 3 is 2.93 bits per heavy atom. The fourth-order valence-corrected chi connectivity index (χ4v) is 3.16. The lowest BCUT2D eigenvalue weighted by Gasteiger charge is -2.13. The van der Waals surface area contributed by atoms with Gasteiger partial charge in [-0.2, -0.15) is 0 Å². The molecule has 0 radical (unpaired) electrons. The van der Waals surface area contributed by atoms with Gasteiger partial charge in [-0.3, -0.25) is 9.36 Å². The minimum absolute atomic E-state index is 0.212. The van der Waals surface area contributed by atoms with Crippen molar-refractivity contribution < 1.29 is 18.0 Å². The van der Waals surface area contributed by atoms with E-state index in [9.17, 15) is 13.6 Å². The summed E-state index contributed by atoms with van der Waals surface area (Å²) in [7, 11) is 0. The van der Waals surface area contributed by atoms with E-state index in [1.807, 2.05) is 0 Å². The summed E-state index contributed by atoms with van der Waals surface area (Å²) >= 11 is 1.14. The summed E-state index contributed by atoms with van der Waals surface area (Å²) in [5.74, 6) is -0.795. The molecule has 0 spiro atoms. The van der Waals surface area contributed by atoms with E-state index < -0.39 is 22.8 Å². The molecule has 0 saturated heterocycles. The molecule has 1 amide bonds. The Labute approximate surface area is 158 Å². The average molecular weight is 390 g/mol. The van der Waals surface area contributed by atoms with Gasteiger partial charge in [0.25, 0.3) is 0 Å². The quantitative estimate of drug-likeness (QED) is 0.485. The first-order valence-corrected chi connectivity index (χ1v) is 8.88. The number of anilines is 1. The Morgan fingerprint density at radius 1 is 1.41 bits per heavy atom. The maximum absolute atomic E-state index is 13.7. The van der Waals surface area contributed by atoms with Crippen LogP contribution in [0.3, 0.4) is 0 Å². The maximum atomic E-state index is 13.7. The van der Waals surface area contributed by atoms with Crippen LogP contribution in [0.15, 0.2) is 58.8 Å². The number of nitrogens with zero attached hydrogens (tertiary/aromatic N) is 3. The molecule has 0 fully saturated rings. The van der Waals surface area contributed by atoms with Gasteiger partial charge in [-0.1, -0.05) is 17.8 Å². The Hall–Kier alpha value is -2.94. The summed E-state index contributed by atoms with van der Waals surface area (Å²) in [6, 6.07) is 6.36. The minimum Gasteiger partial charge on any atom is -0.461 e. The number of aromatic nitrogens is 3. The number of furan rings is 1. The number of hydrogen-bond donors (Lipinski definition) is 1. The normalized spacial score (nSPS) is 12.0. The number of allylic oxidation sites excluding steroid dienone is 1. The summed E-state index contributed by atoms with van der Waals surface area (Å²) in [6.07, 6.45) is 3.20. The molecule has 0 saturated carbocycles. The van der Waals surface area contributed by atoms with Gasteiger partial charge in [0, 0.05) is 12.6 Å². The number of nitrogens with one attached hydrogen (secondary N) is 1. The number of halogens is 2. The van der Waals surface area contributed by atoms with Crippen molar-refractivity contribution in [3.8, 4) is 11.6 Å². The second kappa shape index (κ2) is 8.17. The van der Waals surface area contributed by atoms with E-state index in [2.05, 4.69) is 22.1 Å². The number of thioether (sulfide) groups is 1. The van der Waals surface area contributed by atoms with Gasteiger partial charge >= 0.3 is 0 Å². The molecule has 9 heteroatoms. The van der Waals surface area contributed by atoms with Crippen molar-refractivity contribution in [3.63, 3.8) is 0 Å². The van der Waals surface area contributed by atoms with E-state index in [1.165, 1.54) is 6.26 Å². The Bertz CT molecular complexity index is 956. The summed E-state index contributed by atoms with van der Waals surface area (Å²) in [5.41, 5.74) is -0.212. The molecule has 1 unspecified atom stereocenters. The summed E-state index contributed by atoms with van der Waals surface area (Å²) in [4.78, 5) is 12.4. The Morgan fingerprint density at radius 2 is 2.22 bits per heavy atom. The second-order valence-corrected chi connectivity index (χ2v) is 6.86. The molecule has 0 aliphatic carbocycles. The molecule has 6 nitrogen and oxygen atoms in total. The van der Waals surface area contributed by atoms with Gasteiger partial charge in [-0.25, -0.2) is 8.78 Å². The SMILES string of the molecule is C=CCn1c(SC(C)C(=O)Nc2cc(F)ccc2F)nnc1-c1ccco1. The number of hydrogen-bond acceptors (Lipinski definition) is 5. The fraction of sp³-hybridized carbons (Fsp3) is 0.167. The van der Waals surface area contributed by atoms with Gasteiger partial charge in [0.15, 0.2) is 10.9 Å². The molecule has 27 heavy (non-hydrogen) atoms. The van der Waals surface area contributed by atoms with Crippen LogP contribution in [0.1, 0.15) is 6.92 Å². The average Bonchev–Trinajstić information content (AvgIpc) is 3.29. The lowest BCUT2D eigenvalue weighted by Crippen LogP contribution is -2.23. The van der Waals surface area contributed by atoms with Crippen LogP contribution in [0.25, 0.3) is 11.6 Å². The number of carbonyl (C=O) groups excluding carboxylic acids is 1. The molecule has 0 bridgehead atoms. The predicted octanol–water partition coefficient (Wildman–Crippen LogP) is 4.12. The highest BCUT2D eigenvalue weighted by Gasteiger charge is 2.22. The van der Waals surface area contributed by atoms with E-state index in [0.29, 0.717) is 23.3 Å². The largest absolute Gasteiger partial charge is 0.461 e. The van der Waals surface area contributed by atoms with Crippen LogP contribution >= 0.6 is 11.8 Å². The first-order valence-electron chi connectivity index (χ1n) is 8.00. The third-order valence-electron chi connectivity index (χ3n) is 3.61. The maximum Gasteiger partial charge on any atom is 0.237 e.